The molecule has 38 heavy (non-hydrogen) atoms. The summed E-state index contributed by atoms with van der Waals surface area (Å²) in [7, 11) is 0. The van der Waals surface area contributed by atoms with Crippen molar-refractivity contribution in [3.63, 3.8) is 0 Å². The molecular formula is C26H23N9O3. The van der Waals surface area contributed by atoms with Gasteiger partial charge in [-0.05, 0) is 60.4 Å². The van der Waals surface area contributed by atoms with Crippen LogP contribution in [-0.4, -0.2) is 58.8 Å². The van der Waals surface area contributed by atoms with Gasteiger partial charge < -0.3 is 15.2 Å². The quantitative estimate of drug-likeness (QED) is 0.305. The SMILES string of the molecule is Cc1cc(Nc2ncnc3ccc(C4=CCN(NC(=O)O)CC4)cc23)ccc1Oc1cc2nncn2cn1. The number of hydrazine groups is 1. The van der Waals surface area contributed by atoms with E-state index in [1.165, 1.54) is 6.33 Å². The van der Waals surface area contributed by atoms with E-state index < -0.39 is 6.09 Å². The zero-order valence-corrected chi connectivity index (χ0v) is 20.4. The van der Waals surface area contributed by atoms with Gasteiger partial charge in [-0.25, -0.2) is 24.8 Å². The number of fused-ring (bicyclic) bond motifs is 2. The molecule has 6 rings (SSSR count). The second-order valence-corrected chi connectivity index (χ2v) is 8.83. The Labute approximate surface area is 216 Å². The number of carboxylic acid groups (broad SMARTS) is 1. The number of hydrogen-bond acceptors (Lipinski definition) is 9. The van der Waals surface area contributed by atoms with Crippen LogP contribution in [0.1, 0.15) is 17.5 Å². The van der Waals surface area contributed by atoms with Gasteiger partial charge >= 0.3 is 6.09 Å². The van der Waals surface area contributed by atoms with E-state index in [1.54, 1.807) is 28.1 Å². The second kappa shape index (κ2) is 9.75. The lowest BCUT2D eigenvalue weighted by Crippen LogP contribution is -2.43. The van der Waals surface area contributed by atoms with Crippen molar-refractivity contribution in [1.29, 1.82) is 0 Å². The van der Waals surface area contributed by atoms with Crippen LogP contribution in [0.3, 0.4) is 0 Å². The number of benzene rings is 2. The molecule has 2 aromatic carbocycles. The summed E-state index contributed by atoms with van der Waals surface area (Å²) in [4.78, 5) is 24.1. The van der Waals surface area contributed by atoms with E-state index in [9.17, 15) is 4.79 Å². The molecule has 3 aromatic heterocycles. The largest absolute Gasteiger partial charge is 0.464 e. The molecule has 5 aromatic rings. The number of carbonyl (C=O) groups is 1. The van der Waals surface area contributed by atoms with Crippen LogP contribution in [0.4, 0.5) is 16.3 Å². The smallest absolute Gasteiger partial charge is 0.419 e. The van der Waals surface area contributed by atoms with Crippen LogP contribution in [0.2, 0.25) is 0 Å². The lowest BCUT2D eigenvalue weighted by atomic mass is 9.98. The minimum atomic E-state index is -1.06. The van der Waals surface area contributed by atoms with Crippen molar-refractivity contribution in [1.82, 2.24) is 40.0 Å². The van der Waals surface area contributed by atoms with Gasteiger partial charge in [-0.1, -0.05) is 12.1 Å². The fraction of sp³-hybridized carbons (Fsp3) is 0.154. The van der Waals surface area contributed by atoms with Gasteiger partial charge in [0.2, 0.25) is 5.88 Å². The van der Waals surface area contributed by atoms with Gasteiger partial charge in [0.15, 0.2) is 5.65 Å². The molecule has 0 bridgehead atoms. The summed E-state index contributed by atoms with van der Waals surface area (Å²) >= 11 is 0. The Morgan fingerprint density at radius 1 is 1.08 bits per heavy atom. The lowest BCUT2D eigenvalue weighted by Gasteiger charge is -2.25. The standard InChI is InChI=1S/C26H23N9O3/c1-16-10-19(3-5-22(16)38-24-12-23-32-30-15-34(23)14-29-24)31-25-20-11-18(2-4-21(20)27-13-28-25)17-6-8-35(9-7-17)33-26(36)37/h2-6,10-15,33H,7-9H2,1H3,(H,36,37)(H,27,28,31). The number of ether oxygens (including phenoxy) is 1. The Morgan fingerprint density at radius 3 is 2.82 bits per heavy atom. The van der Waals surface area contributed by atoms with Crippen molar-refractivity contribution >= 4 is 39.7 Å². The Balaban J connectivity index is 1.22. The van der Waals surface area contributed by atoms with Crippen LogP contribution in [0.15, 0.2) is 67.5 Å². The highest BCUT2D eigenvalue weighted by molar-refractivity contribution is 5.93. The fourth-order valence-corrected chi connectivity index (χ4v) is 4.38. The van der Waals surface area contributed by atoms with Crippen molar-refractivity contribution in [2.45, 2.75) is 13.3 Å². The molecule has 4 heterocycles. The molecule has 0 unspecified atom stereocenters. The minimum Gasteiger partial charge on any atom is -0.464 e. The number of aromatic nitrogens is 6. The molecule has 1 aliphatic heterocycles. The van der Waals surface area contributed by atoms with E-state index in [1.807, 2.05) is 43.3 Å². The van der Waals surface area contributed by atoms with Gasteiger partial charge in [0.25, 0.3) is 0 Å². The summed E-state index contributed by atoms with van der Waals surface area (Å²) in [5, 5.41) is 22.8. The summed E-state index contributed by atoms with van der Waals surface area (Å²) in [5.74, 6) is 1.80. The van der Waals surface area contributed by atoms with Crippen molar-refractivity contribution in [3.8, 4) is 11.6 Å². The van der Waals surface area contributed by atoms with Crippen LogP contribution in [-0.2, 0) is 0 Å². The molecule has 1 aliphatic rings. The predicted octanol–water partition coefficient (Wildman–Crippen LogP) is 4.18. The number of rotatable bonds is 6. The first-order valence-corrected chi connectivity index (χ1v) is 11.9. The van der Waals surface area contributed by atoms with Crippen LogP contribution in [0.5, 0.6) is 11.6 Å². The minimum absolute atomic E-state index is 0.433. The predicted molar refractivity (Wildman–Crippen MR) is 140 cm³/mol. The summed E-state index contributed by atoms with van der Waals surface area (Å²) in [6.45, 7) is 3.07. The molecule has 0 spiro atoms. The molecule has 0 saturated heterocycles. The van der Waals surface area contributed by atoms with Gasteiger partial charge in [0.1, 0.15) is 30.5 Å². The Morgan fingerprint density at radius 2 is 2.00 bits per heavy atom. The highest BCUT2D eigenvalue weighted by Gasteiger charge is 2.16. The Kier molecular flexibility index (Phi) is 5.98. The zero-order valence-electron chi connectivity index (χ0n) is 20.4. The molecule has 0 saturated carbocycles. The number of aryl methyl sites for hydroxylation is 1. The first-order valence-electron chi connectivity index (χ1n) is 11.9. The normalized spacial score (nSPS) is 13.9. The van der Waals surface area contributed by atoms with E-state index in [0.717, 1.165) is 39.7 Å². The molecule has 1 amide bonds. The highest BCUT2D eigenvalue weighted by atomic mass is 16.5. The third-order valence-corrected chi connectivity index (χ3v) is 6.28. The van der Waals surface area contributed by atoms with Gasteiger partial charge in [0.05, 0.1) is 5.52 Å². The number of hydrogen-bond donors (Lipinski definition) is 3. The topological polar surface area (TPSA) is 143 Å². The highest BCUT2D eigenvalue weighted by Crippen LogP contribution is 2.31. The molecule has 0 radical (unpaired) electrons. The third kappa shape index (κ3) is 4.80. The Hall–Kier alpha value is -5.10. The van der Waals surface area contributed by atoms with E-state index in [2.05, 4.69) is 42.0 Å². The summed E-state index contributed by atoms with van der Waals surface area (Å²) in [6.07, 6.45) is 6.43. The molecular weight excluding hydrogens is 486 g/mol. The maximum Gasteiger partial charge on any atom is 0.419 e. The van der Waals surface area contributed by atoms with Crippen LogP contribution < -0.4 is 15.5 Å². The van der Waals surface area contributed by atoms with E-state index >= 15 is 0 Å². The molecule has 12 nitrogen and oxygen atoms in total. The first-order chi connectivity index (χ1) is 18.5. The van der Waals surface area contributed by atoms with Crippen molar-refractivity contribution < 1.29 is 14.6 Å². The lowest BCUT2D eigenvalue weighted by molar-refractivity contribution is 0.146. The third-order valence-electron chi connectivity index (χ3n) is 6.28. The number of amides is 1. The van der Waals surface area contributed by atoms with Crippen molar-refractivity contribution in [2.75, 3.05) is 18.4 Å². The number of anilines is 2. The molecule has 190 valence electrons. The monoisotopic (exact) mass is 509 g/mol. The van der Waals surface area contributed by atoms with Crippen LogP contribution in [0, 0.1) is 6.92 Å². The number of nitrogens with zero attached hydrogens (tertiary/aromatic N) is 7. The molecule has 12 heteroatoms. The molecule has 0 aliphatic carbocycles. The molecule has 3 N–H and O–H groups in total. The fourth-order valence-electron chi connectivity index (χ4n) is 4.38. The van der Waals surface area contributed by atoms with Gasteiger partial charge in [0, 0.05) is 30.2 Å². The maximum absolute atomic E-state index is 10.9. The van der Waals surface area contributed by atoms with Gasteiger partial charge in [-0.2, -0.15) is 0 Å². The van der Waals surface area contributed by atoms with Crippen LogP contribution in [0.25, 0.3) is 22.1 Å². The van der Waals surface area contributed by atoms with Crippen LogP contribution >= 0.6 is 0 Å². The average Bonchev–Trinajstić information content (AvgIpc) is 3.38. The maximum atomic E-state index is 10.9. The van der Waals surface area contributed by atoms with Crippen molar-refractivity contribution in [2.24, 2.45) is 0 Å². The molecule has 0 atom stereocenters. The van der Waals surface area contributed by atoms with Gasteiger partial charge in [-0.3, -0.25) is 9.83 Å². The number of nitrogens with one attached hydrogen (secondary N) is 2. The summed E-state index contributed by atoms with van der Waals surface area (Å²) in [6, 6.07) is 13.6. The first kappa shape index (κ1) is 23.3. The van der Waals surface area contributed by atoms with E-state index in [4.69, 9.17) is 9.84 Å². The second-order valence-electron chi connectivity index (χ2n) is 8.83. The summed E-state index contributed by atoms with van der Waals surface area (Å²) < 4.78 is 7.69. The van der Waals surface area contributed by atoms with E-state index in [-0.39, 0.29) is 0 Å². The molecule has 0 fully saturated rings. The zero-order chi connectivity index (χ0) is 26.1. The average molecular weight is 510 g/mol. The van der Waals surface area contributed by atoms with E-state index in [0.29, 0.717) is 36.2 Å². The Bertz CT molecular complexity index is 1700. The summed E-state index contributed by atoms with van der Waals surface area (Å²) in [5.41, 5.74) is 7.87. The van der Waals surface area contributed by atoms with Gasteiger partial charge in [-0.15, -0.1) is 10.2 Å². The van der Waals surface area contributed by atoms with Crippen molar-refractivity contribution in [3.05, 3.63) is 78.6 Å².